The summed E-state index contributed by atoms with van der Waals surface area (Å²) >= 11 is 2.18. The molecule has 1 N–H and O–H groups in total. The highest BCUT2D eigenvalue weighted by molar-refractivity contribution is 7.99. The third-order valence-corrected chi connectivity index (χ3v) is 6.87. The summed E-state index contributed by atoms with van der Waals surface area (Å²) in [6.07, 6.45) is 7.10. The Morgan fingerprint density at radius 3 is 2.84 bits per heavy atom. The molecule has 19 heavy (non-hydrogen) atoms. The summed E-state index contributed by atoms with van der Waals surface area (Å²) in [7, 11) is 0. The lowest BCUT2D eigenvalue weighted by atomic mass is 9.84. The van der Waals surface area contributed by atoms with Gasteiger partial charge in [0.15, 0.2) is 0 Å². The summed E-state index contributed by atoms with van der Waals surface area (Å²) in [6.45, 7) is 8.87. The second-order valence-corrected chi connectivity index (χ2v) is 8.67. The van der Waals surface area contributed by atoms with E-state index >= 15 is 0 Å². The van der Waals surface area contributed by atoms with E-state index in [2.05, 4.69) is 35.8 Å². The Labute approximate surface area is 123 Å². The molecule has 0 aromatic heterocycles. The zero-order valence-electron chi connectivity index (χ0n) is 12.7. The largest absolute Gasteiger partial charge is 0.314 e. The van der Waals surface area contributed by atoms with Gasteiger partial charge in [0.1, 0.15) is 0 Å². The number of hydrogen-bond donors (Lipinski definition) is 1. The van der Waals surface area contributed by atoms with Crippen molar-refractivity contribution in [2.75, 3.05) is 31.1 Å². The molecule has 3 fully saturated rings. The Morgan fingerprint density at radius 1 is 1.21 bits per heavy atom. The molecule has 0 bridgehead atoms. The van der Waals surface area contributed by atoms with Crippen LogP contribution in [-0.4, -0.2) is 48.1 Å². The smallest absolute Gasteiger partial charge is 0.0191 e. The van der Waals surface area contributed by atoms with Gasteiger partial charge in [-0.2, -0.15) is 11.8 Å². The maximum absolute atomic E-state index is 3.73. The molecule has 3 heterocycles. The summed E-state index contributed by atoms with van der Waals surface area (Å²) in [5, 5.41) is 3.73. The van der Waals surface area contributed by atoms with Gasteiger partial charge in [-0.05, 0) is 62.3 Å². The number of rotatable bonds is 2. The first-order valence-corrected chi connectivity index (χ1v) is 9.35. The van der Waals surface area contributed by atoms with Gasteiger partial charge in [0, 0.05) is 24.4 Å². The quantitative estimate of drug-likeness (QED) is 0.838. The fourth-order valence-corrected chi connectivity index (χ4v) is 5.66. The Kier molecular flexibility index (Phi) is 4.45. The van der Waals surface area contributed by atoms with Gasteiger partial charge >= 0.3 is 0 Å². The van der Waals surface area contributed by atoms with Gasteiger partial charge in [-0.25, -0.2) is 0 Å². The van der Waals surface area contributed by atoms with E-state index in [0.29, 0.717) is 5.41 Å². The maximum atomic E-state index is 3.73. The predicted octanol–water partition coefficient (Wildman–Crippen LogP) is 2.98. The summed E-state index contributed by atoms with van der Waals surface area (Å²) in [6, 6.07) is 1.67. The van der Waals surface area contributed by atoms with E-state index < -0.39 is 0 Å². The topological polar surface area (TPSA) is 15.3 Å². The number of hydrogen-bond acceptors (Lipinski definition) is 3. The van der Waals surface area contributed by atoms with Crippen LogP contribution in [0.4, 0.5) is 0 Å². The number of thioether (sulfide) groups is 1. The molecule has 0 aromatic carbocycles. The van der Waals surface area contributed by atoms with Crippen LogP contribution < -0.4 is 5.32 Å². The monoisotopic (exact) mass is 282 g/mol. The first-order chi connectivity index (χ1) is 9.14. The van der Waals surface area contributed by atoms with E-state index in [1.807, 2.05) is 0 Å². The molecule has 3 rings (SSSR count). The van der Waals surface area contributed by atoms with Gasteiger partial charge in [0.2, 0.25) is 0 Å². The molecule has 0 aromatic rings. The minimum Gasteiger partial charge on any atom is -0.314 e. The number of nitrogens with zero attached hydrogens (tertiary/aromatic N) is 1. The molecule has 0 aliphatic carbocycles. The highest BCUT2D eigenvalue weighted by atomic mass is 32.2. The second kappa shape index (κ2) is 5.95. The average Bonchev–Trinajstić information content (AvgIpc) is 2.92. The van der Waals surface area contributed by atoms with Crippen LogP contribution in [0.5, 0.6) is 0 Å². The molecule has 2 nitrogen and oxygen atoms in total. The maximum Gasteiger partial charge on any atom is 0.0191 e. The van der Waals surface area contributed by atoms with Crippen molar-refractivity contribution in [3.8, 4) is 0 Å². The highest BCUT2D eigenvalue weighted by Gasteiger charge is 2.36. The first-order valence-electron chi connectivity index (χ1n) is 8.19. The van der Waals surface area contributed by atoms with Crippen molar-refractivity contribution in [1.82, 2.24) is 10.2 Å². The van der Waals surface area contributed by atoms with Crippen molar-refractivity contribution in [2.24, 2.45) is 11.3 Å². The molecule has 0 radical (unpaired) electrons. The highest BCUT2D eigenvalue weighted by Crippen LogP contribution is 2.37. The standard InChI is InChI=1S/C16H30N2S/c1-16(2)9-14(11-19-12-16)18-8-4-5-13(10-18)15-6-3-7-17-15/h13-15,17H,3-12H2,1-2H3. The molecule has 3 aliphatic heterocycles. The van der Waals surface area contributed by atoms with E-state index in [4.69, 9.17) is 0 Å². The van der Waals surface area contributed by atoms with Gasteiger partial charge in [-0.3, -0.25) is 4.90 Å². The third kappa shape index (κ3) is 3.48. The van der Waals surface area contributed by atoms with Crippen molar-refractivity contribution < 1.29 is 0 Å². The van der Waals surface area contributed by atoms with E-state index in [9.17, 15) is 0 Å². The van der Waals surface area contributed by atoms with Gasteiger partial charge in [-0.1, -0.05) is 13.8 Å². The van der Waals surface area contributed by atoms with E-state index in [0.717, 1.165) is 18.0 Å². The summed E-state index contributed by atoms with van der Waals surface area (Å²) < 4.78 is 0. The molecule has 3 heteroatoms. The van der Waals surface area contributed by atoms with Crippen LogP contribution >= 0.6 is 11.8 Å². The molecule has 0 saturated carbocycles. The van der Waals surface area contributed by atoms with Crippen molar-refractivity contribution in [3.63, 3.8) is 0 Å². The van der Waals surface area contributed by atoms with Gasteiger partial charge in [0.05, 0.1) is 0 Å². The molecular weight excluding hydrogens is 252 g/mol. The van der Waals surface area contributed by atoms with Gasteiger partial charge < -0.3 is 5.32 Å². The zero-order valence-corrected chi connectivity index (χ0v) is 13.5. The molecule has 0 spiro atoms. The molecule has 110 valence electrons. The predicted molar refractivity (Wildman–Crippen MR) is 84.8 cm³/mol. The normalized spacial score (nSPS) is 40.4. The van der Waals surface area contributed by atoms with Crippen LogP contribution in [0.3, 0.4) is 0 Å². The van der Waals surface area contributed by atoms with Gasteiger partial charge in [-0.15, -0.1) is 0 Å². The average molecular weight is 282 g/mol. The van der Waals surface area contributed by atoms with Crippen molar-refractivity contribution in [2.45, 2.75) is 58.0 Å². The van der Waals surface area contributed by atoms with Crippen LogP contribution in [0.1, 0.15) is 46.0 Å². The fourth-order valence-electron chi connectivity index (χ4n) is 4.28. The first kappa shape index (κ1) is 14.2. The van der Waals surface area contributed by atoms with E-state index in [1.54, 1.807) is 0 Å². The lowest BCUT2D eigenvalue weighted by Crippen LogP contribution is -2.50. The lowest BCUT2D eigenvalue weighted by Gasteiger charge is -2.45. The summed E-state index contributed by atoms with van der Waals surface area (Å²) in [5.41, 5.74) is 0.548. The molecule has 3 atom stereocenters. The fraction of sp³-hybridized carbons (Fsp3) is 1.00. The van der Waals surface area contributed by atoms with E-state index in [-0.39, 0.29) is 0 Å². The lowest BCUT2D eigenvalue weighted by molar-refractivity contribution is 0.0920. The molecule has 3 unspecified atom stereocenters. The van der Waals surface area contributed by atoms with Crippen LogP contribution in [-0.2, 0) is 0 Å². The van der Waals surface area contributed by atoms with Gasteiger partial charge in [0.25, 0.3) is 0 Å². The summed E-state index contributed by atoms with van der Waals surface area (Å²) in [4.78, 5) is 2.84. The zero-order chi connectivity index (χ0) is 13.3. The Balaban J connectivity index is 1.58. The van der Waals surface area contributed by atoms with Crippen molar-refractivity contribution >= 4 is 11.8 Å². The number of piperidine rings is 1. The number of nitrogens with one attached hydrogen (secondary N) is 1. The Morgan fingerprint density at radius 2 is 2.11 bits per heavy atom. The van der Waals surface area contributed by atoms with Crippen LogP contribution in [0, 0.1) is 11.3 Å². The molecule has 3 saturated heterocycles. The van der Waals surface area contributed by atoms with Crippen LogP contribution in [0.2, 0.25) is 0 Å². The molecule has 3 aliphatic rings. The van der Waals surface area contributed by atoms with Crippen molar-refractivity contribution in [1.29, 1.82) is 0 Å². The van der Waals surface area contributed by atoms with Crippen molar-refractivity contribution in [3.05, 3.63) is 0 Å². The SMILES string of the molecule is CC1(C)CSCC(N2CCCC(C3CCCN3)C2)C1. The Bertz CT molecular complexity index is 299. The van der Waals surface area contributed by atoms with Crippen LogP contribution in [0.15, 0.2) is 0 Å². The molecule has 0 amide bonds. The third-order valence-electron chi connectivity index (χ3n) is 5.26. The minimum absolute atomic E-state index is 0.548. The minimum atomic E-state index is 0.548. The molecular formula is C16H30N2S. The second-order valence-electron chi connectivity index (χ2n) is 7.64. The van der Waals surface area contributed by atoms with E-state index in [1.165, 1.54) is 63.2 Å². The number of likely N-dealkylation sites (tertiary alicyclic amines) is 1. The van der Waals surface area contributed by atoms with Crippen LogP contribution in [0.25, 0.3) is 0 Å². The summed E-state index contributed by atoms with van der Waals surface area (Å²) in [5.74, 6) is 3.64. The Hall–Kier alpha value is 0.270.